The molecule has 6 nitrogen and oxygen atoms in total. The summed E-state index contributed by atoms with van der Waals surface area (Å²) in [5.41, 5.74) is 15.8. The highest BCUT2D eigenvalue weighted by atomic mass is 16.3. The second-order valence-corrected chi connectivity index (χ2v) is 14.8. The van der Waals surface area contributed by atoms with Crippen molar-refractivity contribution >= 4 is 21.9 Å². The Morgan fingerprint density at radius 1 is 0.351 bits per heavy atom. The van der Waals surface area contributed by atoms with Gasteiger partial charge in [-0.15, -0.1) is 0 Å². The third kappa shape index (κ3) is 5.00. The molecule has 0 fully saturated rings. The fraction of sp³-hybridized carbons (Fsp3) is 0.0392. The molecule has 7 aromatic carbocycles. The number of aromatic nitrogens is 5. The van der Waals surface area contributed by atoms with Gasteiger partial charge in [0.25, 0.3) is 0 Å². The molecule has 2 unspecified atom stereocenters. The average Bonchev–Trinajstić information content (AvgIpc) is 3.68. The molecular weight excluding hydrogens is 699 g/mol. The zero-order valence-electron chi connectivity index (χ0n) is 30.5. The Bertz CT molecular complexity index is 3190. The molecule has 0 amide bonds. The van der Waals surface area contributed by atoms with Crippen LogP contribution in [0.5, 0.6) is 0 Å². The van der Waals surface area contributed by atoms with Crippen molar-refractivity contribution in [2.45, 2.75) is 11.8 Å². The van der Waals surface area contributed by atoms with E-state index in [1.54, 1.807) is 12.4 Å². The van der Waals surface area contributed by atoms with Gasteiger partial charge in [0.1, 0.15) is 11.2 Å². The van der Waals surface area contributed by atoms with Crippen molar-refractivity contribution in [2.75, 3.05) is 0 Å². The second-order valence-electron chi connectivity index (χ2n) is 14.8. The van der Waals surface area contributed by atoms with Crippen molar-refractivity contribution in [3.8, 4) is 56.7 Å². The van der Waals surface area contributed by atoms with E-state index in [0.717, 1.165) is 55.6 Å². The minimum Gasteiger partial charge on any atom is -0.455 e. The first-order valence-electron chi connectivity index (χ1n) is 19.2. The molecule has 3 heterocycles. The Morgan fingerprint density at radius 3 is 1.63 bits per heavy atom. The van der Waals surface area contributed by atoms with Gasteiger partial charge in [-0.2, -0.15) is 0 Å². The predicted molar refractivity (Wildman–Crippen MR) is 225 cm³/mol. The van der Waals surface area contributed by atoms with E-state index in [2.05, 4.69) is 107 Å². The van der Waals surface area contributed by atoms with Crippen LogP contribution in [0.15, 0.2) is 181 Å². The SMILES string of the molecule is c1ccc(-c2nc(-c3ccc(-c4ccc5c(c4)C4c6ccccc6C5c5cc(-c6ncccn6)ccc54)cc3)nc(-c3cccc4c3oc3ccccc34)n2)cc1. The first-order chi connectivity index (χ1) is 28.2. The molecule has 57 heavy (non-hydrogen) atoms. The molecule has 3 aliphatic carbocycles. The summed E-state index contributed by atoms with van der Waals surface area (Å²) in [5.74, 6) is 2.84. The number of para-hydroxylation sites is 2. The van der Waals surface area contributed by atoms with Crippen molar-refractivity contribution in [2.24, 2.45) is 0 Å². The highest BCUT2D eigenvalue weighted by Gasteiger charge is 2.41. The number of hydrogen-bond acceptors (Lipinski definition) is 6. The van der Waals surface area contributed by atoms with Crippen LogP contribution in [0, 0.1) is 0 Å². The van der Waals surface area contributed by atoms with Crippen LogP contribution in [0.1, 0.15) is 45.2 Å². The summed E-state index contributed by atoms with van der Waals surface area (Å²) in [5, 5.41) is 2.10. The lowest BCUT2D eigenvalue weighted by atomic mass is 9.60. The lowest BCUT2D eigenvalue weighted by molar-refractivity contribution is 0.669. The average molecular weight is 730 g/mol. The highest BCUT2D eigenvalue weighted by molar-refractivity contribution is 6.09. The van der Waals surface area contributed by atoms with E-state index >= 15 is 0 Å². The Morgan fingerprint density at radius 2 is 0.895 bits per heavy atom. The Hall–Kier alpha value is -7.57. The van der Waals surface area contributed by atoms with Gasteiger partial charge in [0, 0.05) is 51.7 Å². The minimum atomic E-state index is 0.150. The van der Waals surface area contributed by atoms with E-state index < -0.39 is 0 Å². The second kappa shape index (κ2) is 12.5. The van der Waals surface area contributed by atoms with Crippen LogP contribution in [0.4, 0.5) is 0 Å². The topological polar surface area (TPSA) is 77.6 Å². The summed E-state index contributed by atoms with van der Waals surface area (Å²) < 4.78 is 6.41. The molecular formula is C51H31N5O. The third-order valence-corrected chi connectivity index (χ3v) is 11.6. The molecule has 6 heteroatoms. The number of fused-ring (bicyclic) bond motifs is 3. The van der Waals surface area contributed by atoms with Crippen LogP contribution in [0.25, 0.3) is 78.6 Å². The van der Waals surface area contributed by atoms with Crippen molar-refractivity contribution in [1.82, 2.24) is 24.9 Å². The van der Waals surface area contributed by atoms with Gasteiger partial charge in [0.2, 0.25) is 0 Å². The molecule has 0 N–H and O–H groups in total. The van der Waals surface area contributed by atoms with Crippen LogP contribution in [-0.2, 0) is 0 Å². The largest absolute Gasteiger partial charge is 0.455 e. The molecule has 13 rings (SSSR count). The van der Waals surface area contributed by atoms with Crippen molar-refractivity contribution < 1.29 is 4.42 Å². The quantitative estimate of drug-likeness (QED) is 0.175. The molecule has 0 spiro atoms. The van der Waals surface area contributed by atoms with Gasteiger partial charge < -0.3 is 4.42 Å². The molecule has 10 aromatic rings. The van der Waals surface area contributed by atoms with Crippen LogP contribution in [-0.4, -0.2) is 24.9 Å². The standard InChI is InChI=1S/C51H31N5O/c1-2-10-31(11-3-1)49-54-50(56-51(55-49)41-16-8-15-40-35-12-6-7-17-44(35)57-47(40)41)32-20-18-30(19-21-32)33-22-24-38-42(28-33)45-36-13-4-5-14-37(36)46(38)43-29-34(23-25-39(43)45)48-52-26-9-27-53-48/h1-29,45-46H. The third-order valence-electron chi connectivity index (χ3n) is 11.6. The summed E-state index contributed by atoms with van der Waals surface area (Å²) in [4.78, 5) is 24.2. The normalized spacial score (nSPS) is 15.0. The molecule has 3 aromatic heterocycles. The van der Waals surface area contributed by atoms with E-state index in [0.29, 0.717) is 17.5 Å². The van der Waals surface area contributed by atoms with Gasteiger partial charge in [-0.3, -0.25) is 0 Å². The maximum absolute atomic E-state index is 6.41. The lowest BCUT2D eigenvalue weighted by Crippen LogP contribution is -2.27. The number of furan rings is 1. The van der Waals surface area contributed by atoms with E-state index in [4.69, 9.17) is 19.4 Å². The zero-order valence-corrected chi connectivity index (χ0v) is 30.5. The predicted octanol–water partition coefficient (Wildman–Crippen LogP) is 11.9. The van der Waals surface area contributed by atoms with Crippen molar-refractivity contribution in [1.29, 1.82) is 0 Å². The van der Waals surface area contributed by atoms with Gasteiger partial charge in [0.05, 0.1) is 5.56 Å². The fourth-order valence-electron chi connectivity index (χ4n) is 9.06. The monoisotopic (exact) mass is 729 g/mol. The number of benzene rings is 7. The summed E-state index contributed by atoms with van der Waals surface area (Å²) in [6.45, 7) is 0. The van der Waals surface area contributed by atoms with Gasteiger partial charge in [-0.1, -0.05) is 133 Å². The lowest BCUT2D eigenvalue weighted by Gasteiger charge is -2.42. The highest BCUT2D eigenvalue weighted by Crippen LogP contribution is 2.56. The smallest absolute Gasteiger partial charge is 0.167 e. The van der Waals surface area contributed by atoms with E-state index in [9.17, 15) is 0 Å². The summed E-state index contributed by atoms with van der Waals surface area (Å²) in [6, 6.07) is 57.5. The molecule has 2 atom stereocenters. The molecule has 0 radical (unpaired) electrons. The molecule has 266 valence electrons. The molecule has 3 aliphatic rings. The van der Waals surface area contributed by atoms with Gasteiger partial charge in [-0.25, -0.2) is 24.9 Å². The minimum absolute atomic E-state index is 0.150. The molecule has 2 bridgehead atoms. The van der Waals surface area contributed by atoms with Gasteiger partial charge in [-0.05, 0) is 74.8 Å². The van der Waals surface area contributed by atoms with Crippen LogP contribution in [0.2, 0.25) is 0 Å². The Kier molecular flexibility index (Phi) is 6.95. The molecule has 0 aliphatic heterocycles. The van der Waals surface area contributed by atoms with Gasteiger partial charge >= 0.3 is 0 Å². The van der Waals surface area contributed by atoms with Crippen LogP contribution in [0.3, 0.4) is 0 Å². The summed E-state index contributed by atoms with van der Waals surface area (Å²) in [7, 11) is 0. The maximum atomic E-state index is 6.41. The van der Waals surface area contributed by atoms with Gasteiger partial charge in [0.15, 0.2) is 23.3 Å². The van der Waals surface area contributed by atoms with E-state index in [-0.39, 0.29) is 11.8 Å². The fourth-order valence-corrected chi connectivity index (χ4v) is 9.06. The van der Waals surface area contributed by atoms with Crippen molar-refractivity contribution in [3.63, 3.8) is 0 Å². The summed E-state index contributed by atoms with van der Waals surface area (Å²) in [6.07, 6.45) is 3.61. The number of rotatable bonds is 5. The molecule has 0 saturated carbocycles. The summed E-state index contributed by atoms with van der Waals surface area (Å²) >= 11 is 0. The first kappa shape index (κ1) is 31.7. The Balaban J connectivity index is 0.937. The zero-order chi connectivity index (χ0) is 37.5. The van der Waals surface area contributed by atoms with E-state index in [1.807, 2.05) is 66.7 Å². The first-order valence-corrected chi connectivity index (χ1v) is 19.2. The van der Waals surface area contributed by atoms with Crippen LogP contribution >= 0.6 is 0 Å². The Labute approximate surface area is 328 Å². The van der Waals surface area contributed by atoms with Crippen LogP contribution < -0.4 is 0 Å². The maximum Gasteiger partial charge on any atom is 0.167 e. The van der Waals surface area contributed by atoms with E-state index in [1.165, 1.54) is 38.9 Å². The number of hydrogen-bond donors (Lipinski definition) is 0. The number of nitrogens with zero attached hydrogens (tertiary/aromatic N) is 5. The molecule has 0 saturated heterocycles. The van der Waals surface area contributed by atoms with Crippen molar-refractivity contribution in [3.05, 3.63) is 210 Å².